The zero-order chi connectivity index (χ0) is 19.3. The largest absolute Gasteiger partial charge is 0.507 e. The van der Waals surface area contributed by atoms with E-state index in [-0.39, 0.29) is 29.2 Å². The number of phenols is 1. The summed E-state index contributed by atoms with van der Waals surface area (Å²) < 4.78 is 12.7. The number of carbonyl (C=O) groups is 1. The van der Waals surface area contributed by atoms with Crippen molar-refractivity contribution in [1.29, 1.82) is 0 Å². The first-order valence-corrected chi connectivity index (χ1v) is 10.3. The number of hydrogen-bond donors (Lipinski definition) is 3. The van der Waals surface area contributed by atoms with Gasteiger partial charge in [-0.05, 0) is 54.7 Å². The number of hydrogen-bond acceptors (Lipinski definition) is 3. The highest BCUT2D eigenvalue weighted by molar-refractivity contribution is 7.58. The van der Waals surface area contributed by atoms with Crippen LogP contribution >= 0.6 is 7.37 Å². The Morgan fingerprint density at radius 2 is 1.73 bits per heavy atom. The summed E-state index contributed by atoms with van der Waals surface area (Å²) in [6.45, 7) is 3.67. The van der Waals surface area contributed by atoms with Gasteiger partial charge in [0.05, 0.1) is 6.16 Å². The summed E-state index contributed by atoms with van der Waals surface area (Å²) in [7, 11) is -3.63. The average Bonchev–Trinajstić information content (AvgIpc) is 2.56. The van der Waals surface area contributed by atoms with Gasteiger partial charge in [-0.25, -0.2) is 4.79 Å². The Kier molecular flexibility index (Phi) is 6.41. The molecule has 0 spiro atoms. The molecule has 6 heteroatoms. The van der Waals surface area contributed by atoms with E-state index in [1.807, 2.05) is 44.2 Å². The Balaban J connectivity index is 2.26. The van der Waals surface area contributed by atoms with Crippen molar-refractivity contribution in [2.45, 2.75) is 20.3 Å². The number of rotatable bonds is 7. The maximum absolute atomic E-state index is 12.7. The molecular weight excluding hydrogens is 351 g/mol. The standard InChI is InChI=1S/C20H23O5P/c1-14-10-18(19(21)11-15(14)2)17(12-20(22)23)13-26(24,25)9-8-16-6-4-3-5-7-16/h3-7,10-12,21H,8-9,13H2,1-2H3,(H,22,23)(H,24,25)/b17-12-. The van der Waals surface area contributed by atoms with E-state index in [1.54, 1.807) is 6.07 Å². The molecule has 0 heterocycles. The quantitative estimate of drug-likeness (QED) is 0.503. The maximum atomic E-state index is 12.7. The first kappa shape index (κ1) is 20.0. The second kappa shape index (κ2) is 8.35. The highest BCUT2D eigenvalue weighted by Gasteiger charge is 2.23. The predicted molar refractivity (Wildman–Crippen MR) is 103 cm³/mol. The number of aryl methyl sites for hydroxylation is 3. The minimum Gasteiger partial charge on any atom is -0.507 e. The molecule has 2 rings (SSSR count). The summed E-state index contributed by atoms with van der Waals surface area (Å²) in [5, 5.41) is 19.3. The van der Waals surface area contributed by atoms with Crippen LogP contribution < -0.4 is 0 Å². The van der Waals surface area contributed by atoms with Crippen molar-refractivity contribution < 1.29 is 24.5 Å². The maximum Gasteiger partial charge on any atom is 0.328 e. The van der Waals surface area contributed by atoms with Gasteiger partial charge in [-0.15, -0.1) is 0 Å². The Morgan fingerprint density at radius 1 is 1.12 bits per heavy atom. The second-order valence-electron chi connectivity index (χ2n) is 6.43. The van der Waals surface area contributed by atoms with Crippen LogP contribution in [0.4, 0.5) is 0 Å². The van der Waals surface area contributed by atoms with E-state index in [1.165, 1.54) is 6.07 Å². The van der Waals surface area contributed by atoms with E-state index in [0.29, 0.717) is 6.42 Å². The molecular formula is C20H23O5P. The summed E-state index contributed by atoms with van der Waals surface area (Å²) in [5.41, 5.74) is 3.10. The van der Waals surface area contributed by atoms with Gasteiger partial charge in [-0.3, -0.25) is 4.57 Å². The van der Waals surface area contributed by atoms with Crippen molar-refractivity contribution in [3.05, 3.63) is 70.8 Å². The van der Waals surface area contributed by atoms with Gasteiger partial charge in [0.15, 0.2) is 0 Å². The molecule has 0 bridgehead atoms. The molecule has 3 N–H and O–H groups in total. The number of benzene rings is 2. The molecule has 138 valence electrons. The zero-order valence-electron chi connectivity index (χ0n) is 14.8. The highest BCUT2D eigenvalue weighted by Crippen LogP contribution is 2.46. The summed E-state index contributed by atoms with van der Waals surface area (Å²) in [6.07, 6.45) is 1.06. The number of carboxylic acids is 1. The monoisotopic (exact) mass is 374 g/mol. The van der Waals surface area contributed by atoms with Crippen molar-refractivity contribution >= 4 is 18.9 Å². The minimum atomic E-state index is -3.63. The summed E-state index contributed by atoms with van der Waals surface area (Å²) in [6, 6.07) is 12.5. The molecule has 0 aromatic heterocycles. The summed E-state index contributed by atoms with van der Waals surface area (Å²) >= 11 is 0. The molecule has 1 atom stereocenters. The SMILES string of the molecule is Cc1cc(O)c(/C(=C\C(=O)O)CP(=O)(O)CCc2ccccc2)cc1C. The van der Waals surface area contributed by atoms with E-state index in [9.17, 15) is 19.4 Å². The van der Waals surface area contributed by atoms with Crippen LogP contribution in [0.15, 0.2) is 48.5 Å². The molecule has 1 unspecified atom stereocenters. The van der Waals surface area contributed by atoms with Crippen LogP contribution in [0.2, 0.25) is 0 Å². The Morgan fingerprint density at radius 3 is 2.35 bits per heavy atom. The number of allylic oxidation sites excluding steroid dienone is 1. The molecule has 0 saturated heterocycles. The normalized spacial score (nSPS) is 14.0. The molecule has 0 fully saturated rings. The van der Waals surface area contributed by atoms with E-state index < -0.39 is 13.3 Å². The molecule has 0 aliphatic rings. The highest BCUT2D eigenvalue weighted by atomic mass is 31.2. The van der Waals surface area contributed by atoms with E-state index in [2.05, 4.69) is 0 Å². The van der Waals surface area contributed by atoms with Crippen LogP contribution in [0.3, 0.4) is 0 Å². The van der Waals surface area contributed by atoms with Crippen molar-refractivity contribution in [3.63, 3.8) is 0 Å². The lowest BCUT2D eigenvalue weighted by Crippen LogP contribution is -2.03. The molecule has 0 aliphatic heterocycles. The Hall–Kier alpha value is -2.36. The Labute approximate surface area is 153 Å². The van der Waals surface area contributed by atoms with Gasteiger partial charge in [0, 0.05) is 17.8 Å². The first-order valence-electron chi connectivity index (χ1n) is 8.27. The van der Waals surface area contributed by atoms with Gasteiger partial charge in [0.25, 0.3) is 0 Å². The summed E-state index contributed by atoms with van der Waals surface area (Å²) in [5.74, 6) is -1.32. The lowest BCUT2D eigenvalue weighted by Gasteiger charge is -2.16. The smallest absolute Gasteiger partial charge is 0.328 e. The number of carboxylic acid groups (broad SMARTS) is 1. The fourth-order valence-electron chi connectivity index (χ4n) is 2.71. The van der Waals surface area contributed by atoms with E-state index in [0.717, 1.165) is 22.8 Å². The van der Waals surface area contributed by atoms with Gasteiger partial charge < -0.3 is 15.1 Å². The lowest BCUT2D eigenvalue weighted by atomic mass is 10.00. The molecule has 2 aromatic rings. The van der Waals surface area contributed by atoms with E-state index in [4.69, 9.17) is 5.11 Å². The molecule has 0 amide bonds. The van der Waals surface area contributed by atoms with Crippen LogP contribution in [-0.2, 0) is 15.8 Å². The van der Waals surface area contributed by atoms with Crippen LogP contribution in [0.5, 0.6) is 5.75 Å². The van der Waals surface area contributed by atoms with Gasteiger partial charge in [0.2, 0.25) is 7.37 Å². The third-order valence-corrected chi connectivity index (χ3v) is 6.02. The average molecular weight is 374 g/mol. The van der Waals surface area contributed by atoms with Crippen LogP contribution in [-0.4, -0.2) is 33.4 Å². The van der Waals surface area contributed by atoms with Crippen LogP contribution in [0, 0.1) is 13.8 Å². The molecule has 2 aromatic carbocycles. The number of phenolic OH excluding ortho intramolecular Hbond substituents is 1. The fourth-order valence-corrected chi connectivity index (χ4v) is 4.27. The molecule has 26 heavy (non-hydrogen) atoms. The van der Waals surface area contributed by atoms with Gasteiger partial charge in [-0.2, -0.15) is 0 Å². The van der Waals surface area contributed by atoms with Crippen LogP contribution in [0.25, 0.3) is 5.57 Å². The van der Waals surface area contributed by atoms with Gasteiger partial charge >= 0.3 is 5.97 Å². The fraction of sp³-hybridized carbons (Fsp3) is 0.250. The lowest BCUT2D eigenvalue weighted by molar-refractivity contribution is -0.131. The van der Waals surface area contributed by atoms with Crippen molar-refractivity contribution in [1.82, 2.24) is 0 Å². The predicted octanol–water partition coefficient (Wildman–Crippen LogP) is 3.99. The third kappa shape index (κ3) is 5.58. The number of aromatic hydroxyl groups is 1. The van der Waals surface area contributed by atoms with Gasteiger partial charge in [0.1, 0.15) is 5.75 Å². The number of aliphatic carboxylic acids is 1. The molecule has 0 saturated carbocycles. The van der Waals surface area contributed by atoms with Crippen molar-refractivity contribution in [2.24, 2.45) is 0 Å². The van der Waals surface area contributed by atoms with Crippen molar-refractivity contribution in [2.75, 3.05) is 12.3 Å². The molecule has 0 aliphatic carbocycles. The van der Waals surface area contributed by atoms with E-state index >= 15 is 0 Å². The zero-order valence-corrected chi connectivity index (χ0v) is 15.7. The minimum absolute atomic E-state index is 0.0412. The molecule has 0 radical (unpaired) electrons. The first-order chi connectivity index (χ1) is 12.2. The van der Waals surface area contributed by atoms with Gasteiger partial charge in [-0.1, -0.05) is 30.3 Å². The Bertz CT molecular complexity index is 871. The second-order valence-corrected chi connectivity index (χ2v) is 8.88. The van der Waals surface area contributed by atoms with Crippen molar-refractivity contribution in [3.8, 4) is 5.75 Å². The molecule has 5 nitrogen and oxygen atoms in total. The summed E-state index contributed by atoms with van der Waals surface area (Å²) in [4.78, 5) is 21.6. The van der Waals surface area contributed by atoms with Crippen LogP contribution in [0.1, 0.15) is 22.3 Å². The topological polar surface area (TPSA) is 94.8 Å². The third-order valence-electron chi connectivity index (χ3n) is 4.27.